The van der Waals surface area contributed by atoms with Crippen LogP contribution in [0.25, 0.3) is 17.1 Å². The van der Waals surface area contributed by atoms with Crippen molar-refractivity contribution in [2.75, 3.05) is 0 Å². The number of carbonyl (C=O) groups excluding carboxylic acids is 1. The number of benzene rings is 2. The predicted octanol–water partition coefficient (Wildman–Crippen LogP) is 5.11. The Bertz CT molecular complexity index is 990. The monoisotopic (exact) mass is 356 g/mol. The van der Waals surface area contributed by atoms with Crippen LogP contribution in [0.2, 0.25) is 0 Å². The second-order valence-corrected chi connectivity index (χ2v) is 8.16. The summed E-state index contributed by atoms with van der Waals surface area (Å²) in [5.74, 6) is 1.87. The molecule has 136 valence electrons. The average Bonchev–Trinajstić information content (AvgIpc) is 3.11. The number of para-hydroxylation sites is 1. The van der Waals surface area contributed by atoms with Crippen molar-refractivity contribution < 1.29 is 4.79 Å². The molecule has 5 rings (SSSR count). The molecule has 2 aliphatic carbocycles. The summed E-state index contributed by atoms with van der Waals surface area (Å²) in [5, 5.41) is 0. The Morgan fingerprint density at radius 1 is 1.00 bits per heavy atom. The summed E-state index contributed by atoms with van der Waals surface area (Å²) < 4.78 is 2.35. The maximum Gasteiger partial charge on any atom is 0.145 e. The lowest BCUT2D eigenvalue weighted by atomic mass is 9.60. The van der Waals surface area contributed by atoms with E-state index in [9.17, 15) is 4.79 Å². The summed E-state index contributed by atoms with van der Waals surface area (Å²) in [6.45, 7) is 2.33. The molecule has 1 fully saturated rings. The van der Waals surface area contributed by atoms with Gasteiger partial charge in [0.05, 0.1) is 5.69 Å². The van der Waals surface area contributed by atoms with Gasteiger partial charge in [-0.05, 0) is 37.3 Å². The molecular weight excluding hydrogens is 332 g/mol. The van der Waals surface area contributed by atoms with Crippen molar-refractivity contribution in [3.8, 4) is 17.1 Å². The zero-order valence-corrected chi connectivity index (χ0v) is 15.7. The number of fused-ring (bicyclic) bond motifs is 3. The van der Waals surface area contributed by atoms with E-state index in [1.807, 2.05) is 6.07 Å². The van der Waals surface area contributed by atoms with Gasteiger partial charge in [0, 0.05) is 35.2 Å². The molecule has 3 nitrogen and oxygen atoms in total. The first-order valence-electron chi connectivity index (χ1n) is 9.91. The van der Waals surface area contributed by atoms with E-state index in [-0.39, 0.29) is 5.41 Å². The normalized spacial score (nSPS) is 24.3. The number of Topliss-reactive ketones (excluding diaryl/α,β-unsaturated/α-hetero) is 1. The van der Waals surface area contributed by atoms with Crippen LogP contribution in [0.5, 0.6) is 0 Å². The maximum atomic E-state index is 12.1. The van der Waals surface area contributed by atoms with E-state index < -0.39 is 0 Å². The van der Waals surface area contributed by atoms with Gasteiger partial charge in [0.1, 0.15) is 11.6 Å². The van der Waals surface area contributed by atoms with Crippen LogP contribution in [-0.2, 0) is 16.6 Å². The van der Waals surface area contributed by atoms with E-state index in [2.05, 4.69) is 66.1 Å². The fraction of sp³-hybridized carbons (Fsp3) is 0.333. The largest absolute Gasteiger partial charge is 0.300 e. The van der Waals surface area contributed by atoms with Crippen LogP contribution in [0.3, 0.4) is 0 Å². The minimum Gasteiger partial charge on any atom is -0.300 e. The lowest BCUT2D eigenvalue weighted by molar-refractivity contribution is -0.123. The molecule has 0 radical (unpaired) electrons. The van der Waals surface area contributed by atoms with Crippen molar-refractivity contribution in [2.45, 2.75) is 44.4 Å². The molecular formula is C24H24N2O. The molecule has 2 aromatic carbocycles. The third kappa shape index (κ3) is 2.56. The van der Waals surface area contributed by atoms with Crippen molar-refractivity contribution in [1.29, 1.82) is 0 Å². The first kappa shape index (κ1) is 16.5. The second kappa shape index (κ2) is 6.19. The summed E-state index contributed by atoms with van der Waals surface area (Å²) >= 11 is 0. The van der Waals surface area contributed by atoms with Gasteiger partial charge in [0.2, 0.25) is 0 Å². The minimum atomic E-state index is 0.00501. The van der Waals surface area contributed by atoms with Crippen LogP contribution >= 0.6 is 0 Å². The van der Waals surface area contributed by atoms with E-state index in [0.29, 0.717) is 18.1 Å². The highest BCUT2D eigenvalue weighted by Crippen LogP contribution is 2.50. The topological polar surface area (TPSA) is 34.9 Å². The van der Waals surface area contributed by atoms with Gasteiger partial charge < -0.3 is 0 Å². The quantitative estimate of drug-likeness (QED) is 0.639. The molecule has 2 aliphatic rings. The fourth-order valence-electron chi connectivity index (χ4n) is 5.03. The molecule has 3 aromatic rings. The van der Waals surface area contributed by atoms with Gasteiger partial charge in [-0.15, -0.1) is 0 Å². The number of hydrogen-bond acceptors (Lipinski definition) is 2. The summed E-state index contributed by atoms with van der Waals surface area (Å²) in [6.07, 6.45) is 4.38. The molecule has 1 aromatic heterocycles. The van der Waals surface area contributed by atoms with Crippen molar-refractivity contribution in [1.82, 2.24) is 9.55 Å². The zero-order chi connectivity index (χ0) is 18.4. The minimum absolute atomic E-state index is 0.00501. The van der Waals surface area contributed by atoms with E-state index >= 15 is 0 Å². The van der Waals surface area contributed by atoms with Gasteiger partial charge in [-0.3, -0.25) is 9.36 Å². The van der Waals surface area contributed by atoms with Gasteiger partial charge in [-0.25, -0.2) is 4.98 Å². The van der Waals surface area contributed by atoms with Gasteiger partial charge in [0.25, 0.3) is 0 Å². The number of aromatic nitrogens is 2. The van der Waals surface area contributed by atoms with E-state index in [4.69, 9.17) is 4.98 Å². The molecule has 27 heavy (non-hydrogen) atoms. The second-order valence-electron chi connectivity index (χ2n) is 8.16. The molecule has 2 atom stereocenters. The highest BCUT2D eigenvalue weighted by Gasteiger charge is 2.47. The molecule has 0 N–H and O–H groups in total. The van der Waals surface area contributed by atoms with E-state index in [1.54, 1.807) is 0 Å². The van der Waals surface area contributed by atoms with Crippen LogP contribution in [0.1, 0.15) is 44.0 Å². The lowest BCUT2D eigenvalue weighted by Crippen LogP contribution is -2.42. The molecule has 3 heteroatoms. The molecule has 0 bridgehead atoms. The van der Waals surface area contributed by atoms with Gasteiger partial charge >= 0.3 is 0 Å². The number of ketones is 1. The van der Waals surface area contributed by atoms with Crippen molar-refractivity contribution in [3.63, 3.8) is 0 Å². The first-order valence-corrected chi connectivity index (χ1v) is 9.91. The summed E-state index contributed by atoms with van der Waals surface area (Å²) in [4.78, 5) is 17.3. The third-order valence-electron chi connectivity index (χ3n) is 6.59. The van der Waals surface area contributed by atoms with E-state index in [1.165, 1.54) is 17.1 Å². The van der Waals surface area contributed by atoms with Crippen LogP contribution in [0.15, 0.2) is 60.7 Å². The van der Waals surface area contributed by atoms with Crippen LogP contribution in [0.4, 0.5) is 0 Å². The number of nitrogens with zero attached hydrogens (tertiary/aromatic N) is 2. The Morgan fingerprint density at radius 3 is 2.44 bits per heavy atom. The molecule has 0 aliphatic heterocycles. The average molecular weight is 356 g/mol. The molecule has 1 heterocycles. The van der Waals surface area contributed by atoms with Gasteiger partial charge in [-0.2, -0.15) is 0 Å². The Labute approximate surface area is 160 Å². The number of imidazole rings is 1. The highest BCUT2D eigenvalue weighted by molar-refractivity contribution is 5.80. The Hall–Kier alpha value is -2.68. The molecule has 0 saturated heterocycles. The fourth-order valence-corrected chi connectivity index (χ4v) is 5.03. The summed E-state index contributed by atoms with van der Waals surface area (Å²) in [7, 11) is 0. The van der Waals surface area contributed by atoms with Gasteiger partial charge in [0.15, 0.2) is 0 Å². The first-order chi connectivity index (χ1) is 13.2. The lowest BCUT2D eigenvalue weighted by Gasteiger charge is -2.43. The van der Waals surface area contributed by atoms with Crippen LogP contribution in [-0.4, -0.2) is 15.3 Å². The Balaban J connectivity index is 1.74. The zero-order valence-electron chi connectivity index (χ0n) is 15.7. The van der Waals surface area contributed by atoms with Crippen molar-refractivity contribution in [2.24, 2.45) is 5.92 Å². The van der Waals surface area contributed by atoms with Crippen LogP contribution < -0.4 is 0 Å². The van der Waals surface area contributed by atoms with Crippen molar-refractivity contribution >= 4 is 5.78 Å². The Morgan fingerprint density at radius 2 is 1.70 bits per heavy atom. The van der Waals surface area contributed by atoms with Crippen LogP contribution in [0, 0.1) is 5.92 Å². The molecule has 1 saturated carbocycles. The summed E-state index contributed by atoms with van der Waals surface area (Å²) in [5.41, 5.74) is 4.86. The SMILES string of the molecule is C[C@]12CCC(=O)C[C@@H]1CCc1c2nc(-c2ccccc2)n1-c1ccccc1. The highest BCUT2D eigenvalue weighted by atomic mass is 16.1. The maximum absolute atomic E-state index is 12.1. The smallest absolute Gasteiger partial charge is 0.145 e. The third-order valence-corrected chi connectivity index (χ3v) is 6.59. The predicted molar refractivity (Wildman–Crippen MR) is 107 cm³/mol. The molecule has 0 unspecified atom stereocenters. The molecule has 0 amide bonds. The summed E-state index contributed by atoms with van der Waals surface area (Å²) in [6, 6.07) is 21.0. The standard InChI is InChI=1S/C24H24N2O/c1-24-15-14-20(27)16-18(24)12-13-21-22(24)25-23(17-8-4-2-5-9-17)26(21)19-10-6-3-7-11-19/h2-11,18H,12-16H2,1H3/t18-,24-/m0/s1. The number of rotatable bonds is 2. The van der Waals surface area contributed by atoms with Crippen molar-refractivity contribution in [3.05, 3.63) is 72.1 Å². The van der Waals surface area contributed by atoms with Gasteiger partial charge in [-0.1, -0.05) is 55.5 Å². The Kier molecular flexibility index (Phi) is 3.78. The molecule has 0 spiro atoms. The number of hydrogen-bond donors (Lipinski definition) is 0. The number of carbonyl (C=O) groups is 1. The van der Waals surface area contributed by atoms with E-state index in [0.717, 1.165) is 37.1 Å².